The maximum Gasteiger partial charge on any atom is 0.306 e. The number of hydrogen-bond donors (Lipinski definition) is 1. The first-order chi connectivity index (χ1) is 8.97. The van der Waals surface area contributed by atoms with Crippen LogP contribution < -0.4 is 4.90 Å². The summed E-state index contributed by atoms with van der Waals surface area (Å²) in [4.78, 5) is 13.3. The van der Waals surface area contributed by atoms with E-state index in [-0.39, 0.29) is 5.92 Å². The van der Waals surface area contributed by atoms with Gasteiger partial charge in [-0.2, -0.15) is 0 Å². The average Bonchev–Trinajstić information content (AvgIpc) is 2.71. The highest BCUT2D eigenvalue weighted by molar-refractivity contribution is 5.70. The first kappa shape index (κ1) is 13.9. The van der Waals surface area contributed by atoms with Gasteiger partial charge in [0.15, 0.2) is 0 Å². The van der Waals surface area contributed by atoms with E-state index in [1.165, 1.54) is 11.3 Å². The number of nitrogens with zero attached hydrogens (tertiary/aromatic N) is 1. The van der Waals surface area contributed by atoms with Gasteiger partial charge in [0.2, 0.25) is 0 Å². The summed E-state index contributed by atoms with van der Waals surface area (Å²) < 4.78 is 0. The summed E-state index contributed by atoms with van der Waals surface area (Å²) in [6, 6.07) is 6.43. The summed E-state index contributed by atoms with van der Waals surface area (Å²) in [5, 5.41) is 8.97. The van der Waals surface area contributed by atoms with Gasteiger partial charge in [-0.15, -0.1) is 0 Å². The lowest BCUT2D eigenvalue weighted by atomic mass is 9.99. The van der Waals surface area contributed by atoms with E-state index in [1.807, 2.05) is 0 Å². The van der Waals surface area contributed by atoms with E-state index in [4.69, 9.17) is 5.11 Å². The lowest BCUT2D eigenvalue weighted by Gasteiger charge is -2.21. The Kier molecular flexibility index (Phi) is 4.13. The molecule has 0 aromatic heterocycles. The van der Waals surface area contributed by atoms with E-state index in [2.05, 4.69) is 36.9 Å². The molecular formula is C16H23NO2. The van der Waals surface area contributed by atoms with Crippen molar-refractivity contribution in [1.82, 2.24) is 0 Å². The molecule has 1 aromatic carbocycles. The molecule has 3 nitrogen and oxygen atoms in total. The lowest BCUT2D eigenvalue weighted by Crippen LogP contribution is -2.25. The summed E-state index contributed by atoms with van der Waals surface area (Å²) in [7, 11) is 0. The van der Waals surface area contributed by atoms with Gasteiger partial charge in [0.05, 0.1) is 5.92 Å². The Morgan fingerprint density at radius 1 is 1.37 bits per heavy atom. The third kappa shape index (κ3) is 3.28. The second-order valence-electron chi connectivity index (χ2n) is 6.00. The van der Waals surface area contributed by atoms with E-state index < -0.39 is 5.97 Å². The van der Waals surface area contributed by atoms with Crippen molar-refractivity contribution in [2.24, 2.45) is 11.8 Å². The van der Waals surface area contributed by atoms with Crippen molar-refractivity contribution in [3.63, 3.8) is 0 Å². The van der Waals surface area contributed by atoms with Crippen molar-refractivity contribution in [2.75, 3.05) is 18.0 Å². The second-order valence-corrected chi connectivity index (χ2v) is 6.00. The molecule has 1 aliphatic rings. The predicted octanol–water partition coefficient (Wildman–Crippen LogP) is 2.97. The molecule has 0 amide bonds. The zero-order valence-corrected chi connectivity index (χ0v) is 12.0. The van der Waals surface area contributed by atoms with E-state index in [1.54, 1.807) is 6.92 Å². The Morgan fingerprint density at radius 2 is 2.11 bits per heavy atom. The highest BCUT2D eigenvalue weighted by Crippen LogP contribution is 2.30. The van der Waals surface area contributed by atoms with Crippen LogP contribution in [0.4, 0.5) is 5.69 Å². The molecule has 0 fully saturated rings. The average molecular weight is 261 g/mol. The molecule has 0 bridgehead atoms. The number of carbonyl (C=O) groups is 1. The van der Waals surface area contributed by atoms with Crippen LogP contribution >= 0.6 is 0 Å². The molecule has 0 radical (unpaired) electrons. The molecule has 104 valence electrons. The number of aliphatic carboxylic acids is 1. The zero-order chi connectivity index (χ0) is 14.0. The molecule has 0 spiro atoms. The van der Waals surface area contributed by atoms with Gasteiger partial charge in [0.25, 0.3) is 0 Å². The molecular weight excluding hydrogens is 238 g/mol. The van der Waals surface area contributed by atoms with Gasteiger partial charge in [-0.1, -0.05) is 32.9 Å². The molecule has 0 aliphatic carbocycles. The zero-order valence-electron chi connectivity index (χ0n) is 12.0. The summed E-state index contributed by atoms with van der Waals surface area (Å²) >= 11 is 0. The maximum absolute atomic E-state index is 10.9. The Hall–Kier alpha value is -1.51. The van der Waals surface area contributed by atoms with E-state index >= 15 is 0 Å². The molecule has 19 heavy (non-hydrogen) atoms. The Bertz CT molecular complexity index is 468. The Morgan fingerprint density at radius 3 is 2.74 bits per heavy atom. The molecule has 1 heterocycles. The SMILES string of the molecule is CC(C)CN1CCc2cc(CC(C)C(=O)O)ccc21. The van der Waals surface area contributed by atoms with Crippen LogP contribution in [-0.4, -0.2) is 24.2 Å². The largest absolute Gasteiger partial charge is 0.481 e. The minimum absolute atomic E-state index is 0.314. The van der Waals surface area contributed by atoms with Gasteiger partial charge in [-0.25, -0.2) is 0 Å². The van der Waals surface area contributed by atoms with Crippen LogP contribution in [0.2, 0.25) is 0 Å². The van der Waals surface area contributed by atoms with Crippen molar-refractivity contribution >= 4 is 11.7 Å². The van der Waals surface area contributed by atoms with Crippen LogP contribution in [0.3, 0.4) is 0 Å². The van der Waals surface area contributed by atoms with Crippen LogP contribution in [0.15, 0.2) is 18.2 Å². The van der Waals surface area contributed by atoms with Crippen molar-refractivity contribution < 1.29 is 9.90 Å². The minimum atomic E-state index is -0.720. The van der Waals surface area contributed by atoms with E-state index in [0.717, 1.165) is 25.1 Å². The Labute approximate surface area is 115 Å². The van der Waals surface area contributed by atoms with E-state index in [0.29, 0.717) is 12.3 Å². The Balaban J connectivity index is 2.11. The third-order valence-corrected chi connectivity index (χ3v) is 3.68. The highest BCUT2D eigenvalue weighted by Gasteiger charge is 2.20. The number of carboxylic acid groups (broad SMARTS) is 1. The number of carboxylic acids is 1. The molecule has 0 saturated heterocycles. The van der Waals surface area contributed by atoms with Crippen LogP contribution in [0, 0.1) is 11.8 Å². The molecule has 2 rings (SSSR count). The number of fused-ring (bicyclic) bond motifs is 1. The predicted molar refractivity (Wildman–Crippen MR) is 77.7 cm³/mol. The molecule has 1 N–H and O–H groups in total. The molecule has 0 saturated carbocycles. The smallest absolute Gasteiger partial charge is 0.306 e. The van der Waals surface area contributed by atoms with Gasteiger partial charge in [0.1, 0.15) is 0 Å². The van der Waals surface area contributed by atoms with Crippen LogP contribution in [0.1, 0.15) is 31.9 Å². The molecule has 1 aliphatic heterocycles. The summed E-state index contributed by atoms with van der Waals surface area (Å²) in [6.07, 6.45) is 1.70. The fourth-order valence-electron chi connectivity index (χ4n) is 2.72. The van der Waals surface area contributed by atoms with Gasteiger partial charge in [-0.05, 0) is 36.0 Å². The van der Waals surface area contributed by atoms with Crippen molar-refractivity contribution in [3.8, 4) is 0 Å². The van der Waals surface area contributed by atoms with Crippen molar-refractivity contribution in [3.05, 3.63) is 29.3 Å². The molecule has 1 atom stereocenters. The van der Waals surface area contributed by atoms with Gasteiger partial charge in [0, 0.05) is 18.8 Å². The number of hydrogen-bond acceptors (Lipinski definition) is 2. The quantitative estimate of drug-likeness (QED) is 0.886. The fourth-order valence-corrected chi connectivity index (χ4v) is 2.72. The van der Waals surface area contributed by atoms with E-state index in [9.17, 15) is 4.79 Å². The molecule has 1 aromatic rings. The van der Waals surface area contributed by atoms with Gasteiger partial charge in [-0.3, -0.25) is 4.79 Å². The summed E-state index contributed by atoms with van der Waals surface area (Å²) in [5.74, 6) is -0.370. The van der Waals surface area contributed by atoms with Crippen LogP contribution in [0.5, 0.6) is 0 Å². The number of rotatable bonds is 5. The summed E-state index contributed by atoms with van der Waals surface area (Å²) in [5.41, 5.74) is 3.84. The van der Waals surface area contributed by atoms with Gasteiger partial charge < -0.3 is 10.0 Å². The number of anilines is 1. The highest BCUT2D eigenvalue weighted by atomic mass is 16.4. The van der Waals surface area contributed by atoms with Crippen LogP contribution in [0.25, 0.3) is 0 Å². The lowest BCUT2D eigenvalue weighted by molar-refractivity contribution is -0.141. The number of benzene rings is 1. The fraction of sp³-hybridized carbons (Fsp3) is 0.562. The standard InChI is InChI=1S/C16H23NO2/c1-11(2)10-17-7-6-14-9-13(4-5-15(14)17)8-12(3)16(18)19/h4-5,9,11-12H,6-8,10H2,1-3H3,(H,18,19). The molecule has 3 heteroatoms. The first-order valence-electron chi connectivity index (χ1n) is 7.07. The summed E-state index contributed by atoms with van der Waals surface area (Å²) in [6.45, 7) is 8.42. The maximum atomic E-state index is 10.9. The topological polar surface area (TPSA) is 40.5 Å². The normalized spacial score (nSPS) is 15.7. The van der Waals surface area contributed by atoms with Crippen molar-refractivity contribution in [2.45, 2.75) is 33.6 Å². The first-order valence-corrected chi connectivity index (χ1v) is 7.07. The third-order valence-electron chi connectivity index (χ3n) is 3.68. The van der Waals surface area contributed by atoms with Crippen LogP contribution in [-0.2, 0) is 17.6 Å². The monoisotopic (exact) mass is 261 g/mol. The van der Waals surface area contributed by atoms with Gasteiger partial charge >= 0.3 is 5.97 Å². The minimum Gasteiger partial charge on any atom is -0.481 e. The second kappa shape index (κ2) is 5.64. The molecule has 1 unspecified atom stereocenters. The van der Waals surface area contributed by atoms with Crippen molar-refractivity contribution in [1.29, 1.82) is 0 Å².